The maximum Gasteiger partial charge on any atom is 0.238 e. The number of para-hydroxylation sites is 1. The quantitative estimate of drug-likeness (QED) is 0.192. The lowest BCUT2D eigenvalue weighted by Crippen LogP contribution is -2.06. The van der Waals surface area contributed by atoms with Gasteiger partial charge in [0.1, 0.15) is 5.82 Å². The molecule has 6 heteroatoms. The lowest BCUT2D eigenvalue weighted by molar-refractivity contribution is 0.953. The fourth-order valence-corrected chi connectivity index (χ4v) is 7.05. The molecule has 0 aliphatic rings. The fourth-order valence-electron chi connectivity index (χ4n) is 7.05. The highest BCUT2D eigenvalue weighted by molar-refractivity contribution is 6.33. The van der Waals surface area contributed by atoms with E-state index in [1.165, 1.54) is 32.3 Å². The van der Waals surface area contributed by atoms with Crippen molar-refractivity contribution in [3.63, 3.8) is 0 Å². The van der Waals surface area contributed by atoms with Crippen LogP contribution in [-0.4, -0.2) is 29.1 Å². The molecular weight excluding hydrogens is 564 g/mol. The first-order valence-corrected chi connectivity index (χ1v) is 15.3. The smallest absolute Gasteiger partial charge is 0.238 e. The Balaban J connectivity index is 1.39. The number of benzene rings is 6. The Hall–Kier alpha value is -6.40. The molecule has 0 fully saturated rings. The standard InChI is InChI=1S/C40H24N6/c1-3-12-26(13-4-1)38-42-39(27-14-5-2-6-15-27)44-40(43-38)46-31-19-11-16-25-21-22-29-36-28-17-7-8-18-30(28)45(34-20-9-10-23-41-34)32(36)24-33(46)37(29)35(25)31/h1-24H. The normalized spacial score (nSPS) is 11.9. The van der Waals surface area contributed by atoms with Gasteiger partial charge in [0.25, 0.3) is 0 Å². The third-order valence-electron chi connectivity index (χ3n) is 8.98. The van der Waals surface area contributed by atoms with Crippen LogP contribution in [0.4, 0.5) is 0 Å². The van der Waals surface area contributed by atoms with Crippen molar-refractivity contribution >= 4 is 54.4 Å². The number of pyridine rings is 1. The highest BCUT2D eigenvalue weighted by atomic mass is 15.2. The lowest BCUT2D eigenvalue weighted by atomic mass is 9.98. The van der Waals surface area contributed by atoms with E-state index in [0.717, 1.165) is 39.0 Å². The van der Waals surface area contributed by atoms with Crippen molar-refractivity contribution in [2.45, 2.75) is 0 Å². The Morgan fingerprint density at radius 1 is 0.413 bits per heavy atom. The Labute approximate surface area is 263 Å². The number of hydrogen-bond donors (Lipinski definition) is 0. The van der Waals surface area contributed by atoms with E-state index < -0.39 is 0 Å². The number of hydrogen-bond acceptors (Lipinski definition) is 4. The van der Waals surface area contributed by atoms with Crippen LogP contribution >= 0.6 is 0 Å². The molecule has 6 nitrogen and oxygen atoms in total. The molecule has 0 spiro atoms. The average molecular weight is 589 g/mol. The molecule has 4 heterocycles. The molecule has 0 atom stereocenters. The minimum absolute atomic E-state index is 0.581. The zero-order chi connectivity index (χ0) is 30.2. The number of aromatic nitrogens is 6. The molecule has 10 aromatic rings. The van der Waals surface area contributed by atoms with Crippen molar-refractivity contribution in [1.29, 1.82) is 0 Å². The first kappa shape index (κ1) is 25.0. The van der Waals surface area contributed by atoms with Gasteiger partial charge in [-0.1, -0.05) is 109 Å². The number of rotatable bonds is 4. The molecule has 46 heavy (non-hydrogen) atoms. The summed E-state index contributed by atoms with van der Waals surface area (Å²) in [6, 6.07) is 48.2. The summed E-state index contributed by atoms with van der Waals surface area (Å²) in [7, 11) is 0. The average Bonchev–Trinajstić information content (AvgIpc) is 3.65. The van der Waals surface area contributed by atoms with E-state index in [1.54, 1.807) is 0 Å². The topological polar surface area (TPSA) is 61.4 Å². The van der Waals surface area contributed by atoms with Crippen LogP contribution in [0.1, 0.15) is 0 Å². The van der Waals surface area contributed by atoms with Gasteiger partial charge in [-0.05, 0) is 41.1 Å². The van der Waals surface area contributed by atoms with E-state index in [4.69, 9.17) is 19.9 Å². The molecular formula is C40H24N6. The van der Waals surface area contributed by atoms with Crippen LogP contribution in [-0.2, 0) is 0 Å². The summed E-state index contributed by atoms with van der Waals surface area (Å²) in [5, 5.41) is 7.19. The molecule has 0 N–H and O–H groups in total. The van der Waals surface area contributed by atoms with Crippen LogP contribution < -0.4 is 0 Å². The second-order valence-electron chi connectivity index (χ2n) is 11.5. The molecule has 10 rings (SSSR count). The van der Waals surface area contributed by atoms with Gasteiger partial charge < -0.3 is 0 Å². The van der Waals surface area contributed by atoms with Gasteiger partial charge in [-0.2, -0.15) is 9.97 Å². The van der Waals surface area contributed by atoms with Gasteiger partial charge >= 0.3 is 0 Å². The molecule has 0 bridgehead atoms. The Bertz CT molecular complexity index is 2670. The third kappa shape index (κ3) is 3.52. The van der Waals surface area contributed by atoms with E-state index in [1.807, 2.05) is 79.0 Å². The second kappa shape index (κ2) is 9.55. The van der Waals surface area contributed by atoms with Crippen molar-refractivity contribution < 1.29 is 0 Å². The van der Waals surface area contributed by atoms with Gasteiger partial charge in [-0.15, -0.1) is 0 Å². The molecule has 0 aliphatic heterocycles. The van der Waals surface area contributed by atoms with Gasteiger partial charge in [0.15, 0.2) is 11.6 Å². The minimum Gasteiger partial charge on any atom is -0.294 e. The molecule has 4 aromatic heterocycles. The predicted octanol–water partition coefficient (Wildman–Crippen LogP) is 9.39. The van der Waals surface area contributed by atoms with Crippen LogP contribution in [0.5, 0.6) is 0 Å². The van der Waals surface area contributed by atoms with Crippen molar-refractivity contribution in [3.05, 3.63) is 146 Å². The summed E-state index contributed by atoms with van der Waals surface area (Å²) in [6.45, 7) is 0. The number of nitrogens with zero attached hydrogens (tertiary/aromatic N) is 6. The maximum atomic E-state index is 5.16. The molecule has 0 radical (unpaired) electrons. The molecule has 0 aliphatic carbocycles. The largest absolute Gasteiger partial charge is 0.294 e. The summed E-state index contributed by atoms with van der Waals surface area (Å²) in [4.78, 5) is 20.1. The first-order chi connectivity index (χ1) is 22.8. The van der Waals surface area contributed by atoms with Gasteiger partial charge in [0, 0.05) is 38.9 Å². The molecule has 214 valence electrons. The predicted molar refractivity (Wildman–Crippen MR) is 186 cm³/mol. The minimum atomic E-state index is 0.581. The highest BCUT2D eigenvalue weighted by Crippen LogP contribution is 2.45. The van der Waals surface area contributed by atoms with Gasteiger partial charge in [0.05, 0.1) is 22.1 Å². The van der Waals surface area contributed by atoms with E-state index in [0.29, 0.717) is 17.6 Å². The van der Waals surface area contributed by atoms with Crippen LogP contribution in [0.2, 0.25) is 0 Å². The number of fused-ring (bicyclic) bond motifs is 4. The van der Waals surface area contributed by atoms with Crippen molar-refractivity contribution in [1.82, 2.24) is 29.1 Å². The van der Waals surface area contributed by atoms with Crippen LogP contribution in [0.25, 0.3) is 88.9 Å². The monoisotopic (exact) mass is 588 g/mol. The van der Waals surface area contributed by atoms with Crippen molar-refractivity contribution in [2.24, 2.45) is 0 Å². The summed E-state index contributed by atoms with van der Waals surface area (Å²) in [6.07, 6.45) is 1.85. The van der Waals surface area contributed by atoms with Crippen molar-refractivity contribution in [3.8, 4) is 34.5 Å². The fraction of sp³-hybridized carbons (Fsp3) is 0. The molecule has 0 amide bonds. The Morgan fingerprint density at radius 3 is 1.83 bits per heavy atom. The summed E-state index contributed by atoms with van der Waals surface area (Å²) in [5.41, 5.74) is 6.18. The van der Waals surface area contributed by atoms with Crippen molar-refractivity contribution in [2.75, 3.05) is 0 Å². The van der Waals surface area contributed by atoms with Gasteiger partial charge in [0.2, 0.25) is 5.95 Å². The van der Waals surface area contributed by atoms with E-state index in [9.17, 15) is 0 Å². The van der Waals surface area contributed by atoms with E-state index >= 15 is 0 Å². The molecule has 0 saturated heterocycles. The maximum absolute atomic E-state index is 5.16. The SMILES string of the molecule is c1ccc(-c2nc(-c3ccccc3)nc(-n3c4cccc5ccc6c7c8ccccc8n(-c8ccccn8)c7cc3c6c54)n2)cc1. The van der Waals surface area contributed by atoms with E-state index in [2.05, 4.69) is 75.9 Å². The van der Waals surface area contributed by atoms with Crippen LogP contribution in [0, 0.1) is 0 Å². The first-order valence-electron chi connectivity index (χ1n) is 15.3. The lowest BCUT2D eigenvalue weighted by Gasteiger charge is -2.11. The zero-order valence-electron chi connectivity index (χ0n) is 24.5. The molecule has 6 aromatic carbocycles. The zero-order valence-corrected chi connectivity index (χ0v) is 24.5. The summed E-state index contributed by atoms with van der Waals surface area (Å²) >= 11 is 0. The molecule has 0 saturated carbocycles. The Morgan fingerprint density at radius 2 is 1.09 bits per heavy atom. The van der Waals surface area contributed by atoms with E-state index in [-0.39, 0.29) is 0 Å². The molecule has 0 unspecified atom stereocenters. The highest BCUT2D eigenvalue weighted by Gasteiger charge is 2.24. The Kier molecular flexibility index (Phi) is 5.19. The summed E-state index contributed by atoms with van der Waals surface area (Å²) < 4.78 is 4.48. The third-order valence-corrected chi connectivity index (χ3v) is 8.98. The van der Waals surface area contributed by atoms with Gasteiger partial charge in [-0.25, -0.2) is 9.97 Å². The second-order valence-corrected chi connectivity index (χ2v) is 11.5. The van der Waals surface area contributed by atoms with Crippen LogP contribution in [0.15, 0.2) is 146 Å². The van der Waals surface area contributed by atoms with Gasteiger partial charge in [-0.3, -0.25) is 9.13 Å². The summed E-state index contributed by atoms with van der Waals surface area (Å²) in [5.74, 6) is 2.72. The van der Waals surface area contributed by atoms with Crippen LogP contribution in [0.3, 0.4) is 0 Å².